The first-order valence-electron chi connectivity index (χ1n) is 7.58. The Kier molecular flexibility index (Phi) is 5.45. The Morgan fingerprint density at radius 1 is 1.55 bits per heavy atom. The van der Waals surface area contributed by atoms with Gasteiger partial charge in [-0.2, -0.15) is 0 Å². The van der Waals surface area contributed by atoms with Gasteiger partial charge in [0.1, 0.15) is 0 Å². The average Bonchev–Trinajstić information content (AvgIpc) is 3.14. The lowest BCUT2D eigenvalue weighted by Gasteiger charge is -2.22. The van der Waals surface area contributed by atoms with E-state index in [1.54, 1.807) is 16.2 Å². The normalized spacial score (nSPS) is 22.4. The predicted molar refractivity (Wildman–Crippen MR) is 86.9 cm³/mol. The second kappa shape index (κ2) is 7.13. The van der Waals surface area contributed by atoms with Crippen LogP contribution in [0.1, 0.15) is 25.1 Å². The van der Waals surface area contributed by atoms with Crippen LogP contribution in [0.2, 0.25) is 0 Å². The van der Waals surface area contributed by atoms with Gasteiger partial charge in [-0.3, -0.25) is 4.79 Å². The summed E-state index contributed by atoms with van der Waals surface area (Å²) in [5, 5.41) is 5.04. The van der Waals surface area contributed by atoms with E-state index in [2.05, 4.69) is 23.7 Å². The predicted octanol–water partition coefficient (Wildman–Crippen LogP) is 2.52. The standard InChI is InChI=1S/C16H24N2O3S/c1-12(9-13-5-4-8-22-13)10-17-15(20)18-7-6-16(2,11-18)14(19)21-3/h4-5,8,12H,6-7,9-11H2,1-3H3,(H,17,20)/t12-,16-/m0/s1. The van der Waals surface area contributed by atoms with Crippen LogP contribution in [0.25, 0.3) is 0 Å². The Balaban J connectivity index is 1.77. The molecule has 22 heavy (non-hydrogen) atoms. The van der Waals surface area contributed by atoms with Crippen molar-refractivity contribution in [3.63, 3.8) is 0 Å². The maximum Gasteiger partial charge on any atom is 0.317 e. The van der Waals surface area contributed by atoms with Gasteiger partial charge in [0.25, 0.3) is 0 Å². The zero-order valence-corrected chi connectivity index (χ0v) is 14.2. The number of amides is 2. The number of hydrogen-bond donors (Lipinski definition) is 1. The van der Waals surface area contributed by atoms with Crippen LogP contribution in [0.5, 0.6) is 0 Å². The third-order valence-electron chi connectivity index (χ3n) is 4.17. The molecule has 5 nitrogen and oxygen atoms in total. The number of nitrogens with one attached hydrogen (secondary N) is 1. The van der Waals surface area contributed by atoms with Crippen LogP contribution in [0.15, 0.2) is 17.5 Å². The number of ether oxygens (including phenoxy) is 1. The molecule has 2 rings (SSSR count). The van der Waals surface area contributed by atoms with Crippen molar-refractivity contribution < 1.29 is 14.3 Å². The molecule has 1 aliphatic rings. The molecule has 2 atom stereocenters. The Morgan fingerprint density at radius 2 is 2.32 bits per heavy atom. The fraction of sp³-hybridized carbons (Fsp3) is 0.625. The Labute approximate surface area is 135 Å². The van der Waals surface area contributed by atoms with Gasteiger partial charge in [0, 0.05) is 24.5 Å². The Morgan fingerprint density at radius 3 is 2.95 bits per heavy atom. The lowest BCUT2D eigenvalue weighted by atomic mass is 9.90. The molecule has 2 heterocycles. The molecule has 0 aliphatic carbocycles. The molecule has 1 aromatic heterocycles. The number of hydrogen-bond acceptors (Lipinski definition) is 4. The van der Waals surface area contributed by atoms with E-state index in [0.29, 0.717) is 32.0 Å². The molecule has 0 aromatic carbocycles. The number of nitrogens with zero attached hydrogens (tertiary/aromatic N) is 1. The molecule has 0 bridgehead atoms. The highest BCUT2D eigenvalue weighted by Gasteiger charge is 2.42. The second-order valence-corrected chi connectivity index (χ2v) is 7.33. The van der Waals surface area contributed by atoms with E-state index in [-0.39, 0.29) is 12.0 Å². The lowest BCUT2D eigenvalue weighted by molar-refractivity contribution is -0.150. The van der Waals surface area contributed by atoms with Crippen LogP contribution in [-0.2, 0) is 16.0 Å². The Bertz CT molecular complexity index is 517. The zero-order valence-electron chi connectivity index (χ0n) is 13.4. The first kappa shape index (κ1) is 16.8. The van der Waals surface area contributed by atoms with Crippen molar-refractivity contribution in [2.75, 3.05) is 26.7 Å². The first-order chi connectivity index (χ1) is 10.4. The van der Waals surface area contributed by atoms with Gasteiger partial charge in [0.2, 0.25) is 0 Å². The number of methoxy groups -OCH3 is 1. The minimum Gasteiger partial charge on any atom is -0.469 e. The molecule has 1 aliphatic heterocycles. The Hall–Kier alpha value is -1.56. The van der Waals surface area contributed by atoms with Gasteiger partial charge in [-0.25, -0.2) is 4.79 Å². The fourth-order valence-corrected chi connectivity index (χ4v) is 3.63. The fourth-order valence-electron chi connectivity index (χ4n) is 2.77. The maximum absolute atomic E-state index is 12.2. The molecule has 1 saturated heterocycles. The largest absolute Gasteiger partial charge is 0.469 e. The van der Waals surface area contributed by atoms with Gasteiger partial charge < -0.3 is 15.0 Å². The van der Waals surface area contributed by atoms with Crippen LogP contribution in [0.4, 0.5) is 4.79 Å². The minimum atomic E-state index is -0.575. The number of rotatable bonds is 5. The van der Waals surface area contributed by atoms with Gasteiger partial charge in [-0.05, 0) is 37.1 Å². The van der Waals surface area contributed by atoms with E-state index in [4.69, 9.17) is 4.74 Å². The molecular formula is C16H24N2O3S. The molecule has 122 valence electrons. The number of carbonyl (C=O) groups excluding carboxylic acids is 2. The van der Waals surface area contributed by atoms with Crippen molar-refractivity contribution in [1.29, 1.82) is 0 Å². The first-order valence-corrected chi connectivity index (χ1v) is 8.46. The summed E-state index contributed by atoms with van der Waals surface area (Å²) >= 11 is 1.74. The highest BCUT2D eigenvalue weighted by molar-refractivity contribution is 7.09. The molecule has 0 unspecified atom stereocenters. The molecule has 6 heteroatoms. The van der Waals surface area contributed by atoms with Crippen molar-refractivity contribution >= 4 is 23.3 Å². The van der Waals surface area contributed by atoms with Gasteiger partial charge in [-0.1, -0.05) is 13.0 Å². The third kappa shape index (κ3) is 4.00. The zero-order chi connectivity index (χ0) is 16.2. The van der Waals surface area contributed by atoms with E-state index < -0.39 is 5.41 Å². The molecule has 1 N–H and O–H groups in total. The summed E-state index contributed by atoms with van der Waals surface area (Å²) in [7, 11) is 1.39. The lowest BCUT2D eigenvalue weighted by Crippen LogP contribution is -2.42. The van der Waals surface area contributed by atoms with Gasteiger partial charge in [-0.15, -0.1) is 11.3 Å². The second-order valence-electron chi connectivity index (χ2n) is 6.30. The summed E-state index contributed by atoms with van der Waals surface area (Å²) in [6.45, 7) is 5.64. The summed E-state index contributed by atoms with van der Waals surface area (Å²) in [5.74, 6) is 0.144. The van der Waals surface area contributed by atoms with E-state index in [1.807, 2.05) is 13.0 Å². The van der Waals surface area contributed by atoms with Gasteiger partial charge >= 0.3 is 12.0 Å². The number of carbonyl (C=O) groups is 2. The van der Waals surface area contributed by atoms with Gasteiger partial charge in [0.05, 0.1) is 12.5 Å². The summed E-state index contributed by atoms with van der Waals surface area (Å²) in [6, 6.07) is 4.07. The molecule has 2 amide bonds. The van der Waals surface area contributed by atoms with Crippen molar-refractivity contribution in [1.82, 2.24) is 10.2 Å². The quantitative estimate of drug-likeness (QED) is 0.847. The monoisotopic (exact) mass is 324 g/mol. The minimum absolute atomic E-state index is 0.0920. The van der Waals surface area contributed by atoms with E-state index in [1.165, 1.54) is 12.0 Å². The highest BCUT2D eigenvalue weighted by atomic mass is 32.1. The molecule has 0 saturated carbocycles. The topological polar surface area (TPSA) is 58.6 Å². The highest BCUT2D eigenvalue weighted by Crippen LogP contribution is 2.31. The van der Waals surface area contributed by atoms with Crippen LogP contribution in [-0.4, -0.2) is 43.6 Å². The van der Waals surface area contributed by atoms with Crippen molar-refractivity contribution in [2.24, 2.45) is 11.3 Å². The molecule has 1 aromatic rings. The number of likely N-dealkylation sites (tertiary alicyclic amines) is 1. The molecule has 0 radical (unpaired) electrons. The van der Waals surface area contributed by atoms with E-state index in [9.17, 15) is 9.59 Å². The van der Waals surface area contributed by atoms with Crippen LogP contribution in [0, 0.1) is 11.3 Å². The van der Waals surface area contributed by atoms with E-state index >= 15 is 0 Å². The van der Waals surface area contributed by atoms with Crippen LogP contribution >= 0.6 is 11.3 Å². The van der Waals surface area contributed by atoms with Crippen LogP contribution in [0.3, 0.4) is 0 Å². The number of esters is 1. The summed E-state index contributed by atoms with van der Waals surface area (Å²) in [5.41, 5.74) is -0.575. The van der Waals surface area contributed by atoms with Crippen molar-refractivity contribution in [3.05, 3.63) is 22.4 Å². The third-order valence-corrected chi connectivity index (χ3v) is 5.07. The average molecular weight is 324 g/mol. The summed E-state index contributed by atoms with van der Waals surface area (Å²) < 4.78 is 4.83. The van der Waals surface area contributed by atoms with Crippen LogP contribution < -0.4 is 5.32 Å². The summed E-state index contributed by atoms with van der Waals surface area (Å²) in [4.78, 5) is 27.0. The number of urea groups is 1. The molecule has 1 fully saturated rings. The number of thiophene rings is 1. The summed E-state index contributed by atoms with van der Waals surface area (Å²) in [6.07, 6.45) is 1.62. The van der Waals surface area contributed by atoms with Gasteiger partial charge in [0.15, 0.2) is 0 Å². The molecule has 0 spiro atoms. The van der Waals surface area contributed by atoms with Crippen molar-refractivity contribution in [3.8, 4) is 0 Å². The van der Waals surface area contributed by atoms with Crippen molar-refractivity contribution in [2.45, 2.75) is 26.7 Å². The molecular weight excluding hydrogens is 300 g/mol. The maximum atomic E-state index is 12.2. The smallest absolute Gasteiger partial charge is 0.317 e. The SMILES string of the molecule is COC(=O)[C@@]1(C)CCN(C(=O)NC[C@@H](C)Cc2cccs2)C1. The van der Waals surface area contributed by atoms with E-state index in [0.717, 1.165) is 6.42 Å².